The van der Waals surface area contributed by atoms with E-state index in [0.29, 0.717) is 5.88 Å². The molecule has 2 heteroatoms. The monoisotopic (exact) mass is 223 g/mol. The van der Waals surface area contributed by atoms with E-state index in [2.05, 4.69) is 36.9 Å². The van der Waals surface area contributed by atoms with E-state index < -0.39 is 0 Å². The molecule has 82 valence electrons. The summed E-state index contributed by atoms with van der Waals surface area (Å²) in [6.45, 7) is 5.51. The number of anilines is 1. The SMILES string of the molecule is CCN(c1ccc(CCl)cc1C)C1CC1. The maximum absolute atomic E-state index is 5.83. The zero-order valence-electron chi connectivity index (χ0n) is 9.46. The molecule has 1 saturated carbocycles. The fourth-order valence-corrected chi connectivity index (χ4v) is 2.30. The summed E-state index contributed by atoms with van der Waals surface area (Å²) in [6, 6.07) is 7.35. The van der Waals surface area contributed by atoms with E-state index in [4.69, 9.17) is 11.6 Å². The Balaban J connectivity index is 2.26. The Morgan fingerprint density at radius 2 is 2.13 bits per heavy atom. The van der Waals surface area contributed by atoms with Gasteiger partial charge >= 0.3 is 0 Å². The molecule has 15 heavy (non-hydrogen) atoms. The van der Waals surface area contributed by atoms with Crippen LogP contribution in [-0.2, 0) is 5.88 Å². The fourth-order valence-electron chi connectivity index (χ4n) is 2.13. The first kappa shape index (κ1) is 10.8. The van der Waals surface area contributed by atoms with Crippen LogP contribution in [0.5, 0.6) is 0 Å². The summed E-state index contributed by atoms with van der Waals surface area (Å²) in [5.74, 6) is 0.608. The molecule has 1 aromatic rings. The number of aryl methyl sites for hydroxylation is 1. The molecular weight excluding hydrogens is 206 g/mol. The largest absolute Gasteiger partial charge is 0.369 e. The molecule has 0 atom stereocenters. The Labute approximate surface area is 97.0 Å². The second-order valence-corrected chi connectivity index (χ2v) is 4.54. The minimum Gasteiger partial charge on any atom is -0.369 e. The molecule has 0 spiro atoms. The molecule has 1 aliphatic rings. The zero-order chi connectivity index (χ0) is 10.8. The van der Waals surface area contributed by atoms with Gasteiger partial charge in [0.2, 0.25) is 0 Å². The van der Waals surface area contributed by atoms with Crippen LogP contribution in [0.2, 0.25) is 0 Å². The normalized spacial score (nSPS) is 15.4. The Morgan fingerprint density at radius 1 is 1.40 bits per heavy atom. The molecule has 2 rings (SSSR count). The second kappa shape index (κ2) is 4.44. The van der Waals surface area contributed by atoms with Crippen LogP contribution in [0, 0.1) is 6.92 Å². The maximum Gasteiger partial charge on any atom is 0.0474 e. The van der Waals surface area contributed by atoms with Crippen molar-refractivity contribution in [3.8, 4) is 0 Å². The predicted molar refractivity (Wildman–Crippen MR) is 66.8 cm³/mol. The highest BCUT2D eigenvalue weighted by Crippen LogP contribution is 2.33. The summed E-state index contributed by atoms with van der Waals surface area (Å²) in [5, 5.41) is 0. The van der Waals surface area contributed by atoms with E-state index in [0.717, 1.165) is 12.6 Å². The highest BCUT2D eigenvalue weighted by atomic mass is 35.5. The van der Waals surface area contributed by atoms with Crippen molar-refractivity contribution in [2.45, 2.75) is 38.6 Å². The summed E-state index contributed by atoms with van der Waals surface area (Å²) >= 11 is 5.83. The average molecular weight is 224 g/mol. The highest BCUT2D eigenvalue weighted by Gasteiger charge is 2.28. The molecule has 0 amide bonds. The number of halogens is 1. The summed E-state index contributed by atoms with van der Waals surface area (Å²) < 4.78 is 0. The van der Waals surface area contributed by atoms with E-state index in [1.54, 1.807) is 0 Å². The van der Waals surface area contributed by atoms with Gasteiger partial charge in [0.15, 0.2) is 0 Å². The molecule has 0 bridgehead atoms. The van der Waals surface area contributed by atoms with E-state index in [9.17, 15) is 0 Å². The highest BCUT2D eigenvalue weighted by molar-refractivity contribution is 6.17. The van der Waals surface area contributed by atoms with Crippen LogP contribution in [0.25, 0.3) is 0 Å². The number of hydrogen-bond acceptors (Lipinski definition) is 1. The molecule has 0 heterocycles. The Morgan fingerprint density at radius 3 is 2.60 bits per heavy atom. The topological polar surface area (TPSA) is 3.24 Å². The molecule has 0 N–H and O–H groups in total. The lowest BCUT2D eigenvalue weighted by molar-refractivity contribution is 0.822. The summed E-state index contributed by atoms with van der Waals surface area (Å²) in [7, 11) is 0. The summed E-state index contributed by atoms with van der Waals surface area (Å²) in [6.07, 6.45) is 2.70. The van der Waals surface area contributed by atoms with Crippen LogP contribution in [0.4, 0.5) is 5.69 Å². The lowest BCUT2D eigenvalue weighted by atomic mass is 10.1. The van der Waals surface area contributed by atoms with E-state index in [1.807, 2.05) is 0 Å². The quantitative estimate of drug-likeness (QED) is 0.704. The van der Waals surface area contributed by atoms with E-state index >= 15 is 0 Å². The van der Waals surface area contributed by atoms with Crippen LogP contribution in [0.15, 0.2) is 18.2 Å². The van der Waals surface area contributed by atoms with Gasteiger partial charge in [-0.1, -0.05) is 12.1 Å². The molecule has 0 aromatic heterocycles. The standard InChI is InChI=1S/C13H18ClN/c1-3-15(12-5-6-12)13-7-4-11(9-14)8-10(13)2/h4,7-8,12H,3,5-6,9H2,1-2H3. The van der Waals surface area contributed by atoms with Gasteiger partial charge in [0.25, 0.3) is 0 Å². The molecule has 1 nitrogen and oxygen atoms in total. The van der Waals surface area contributed by atoms with Crippen LogP contribution >= 0.6 is 11.6 Å². The molecule has 0 aliphatic heterocycles. The number of benzene rings is 1. The van der Waals surface area contributed by atoms with Gasteiger partial charge in [-0.15, -0.1) is 11.6 Å². The molecule has 0 radical (unpaired) electrons. The first-order valence-corrected chi connectivity index (χ1v) is 6.22. The van der Waals surface area contributed by atoms with Gasteiger partial charge in [-0.25, -0.2) is 0 Å². The van der Waals surface area contributed by atoms with Crippen molar-refractivity contribution in [3.63, 3.8) is 0 Å². The van der Waals surface area contributed by atoms with E-state index in [-0.39, 0.29) is 0 Å². The van der Waals surface area contributed by atoms with Gasteiger partial charge in [0.05, 0.1) is 0 Å². The maximum atomic E-state index is 5.83. The van der Waals surface area contributed by atoms with Crippen molar-refractivity contribution in [3.05, 3.63) is 29.3 Å². The third-order valence-electron chi connectivity index (χ3n) is 3.05. The molecule has 1 aliphatic carbocycles. The van der Waals surface area contributed by atoms with Gasteiger partial charge in [0, 0.05) is 24.2 Å². The number of hydrogen-bond donors (Lipinski definition) is 0. The average Bonchev–Trinajstić information content (AvgIpc) is 3.05. The zero-order valence-corrected chi connectivity index (χ0v) is 10.2. The minimum atomic E-state index is 0.608. The van der Waals surface area contributed by atoms with Crippen molar-refractivity contribution >= 4 is 17.3 Å². The predicted octanol–water partition coefficient (Wildman–Crippen LogP) is 3.72. The van der Waals surface area contributed by atoms with Crippen LogP contribution in [0.1, 0.15) is 30.9 Å². The van der Waals surface area contributed by atoms with Gasteiger partial charge in [-0.3, -0.25) is 0 Å². The first-order chi connectivity index (χ1) is 7.26. The summed E-state index contributed by atoms with van der Waals surface area (Å²) in [4.78, 5) is 2.51. The van der Waals surface area contributed by atoms with Crippen molar-refractivity contribution in [2.75, 3.05) is 11.4 Å². The Kier molecular flexibility index (Phi) is 3.20. The minimum absolute atomic E-state index is 0.608. The number of rotatable bonds is 4. The third kappa shape index (κ3) is 2.28. The van der Waals surface area contributed by atoms with Crippen molar-refractivity contribution in [2.24, 2.45) is 0 Å². The van der Waals surface area contributed by atoms with E-state index in [1.165, 1.54) is 29.7 Å². The van der Waals surface area contributed by atoms with Crippen LogP contribution < -0.4 is 4.90 Å². The van der Waals surface area contributed by atoms with Gasteiger partial charge in [-0.05, 0) is 43.9 Å². The molecular formula is C13H18ClN. The Hall–Kier alpha value is -0.690. The molecule has 0 unspecified atom stereocenters. The smallest absolute Gasteiger partial charge is 0.0474 e. The van der Waals surface area contributed by atoms with Crippen LogP contribution in [-0.4, -0.2) is 12.6 Å². The Bertz CT molecular complexity index is 344. The molecule has 1 aromatic carbocycles. The van der Waals surface area contributed by atoms with Gasteiger partial charge in [0.1, 0.15) is 0 Å². The lowest BCUT2D eigenvalue weighted by Crippen LogP contribution is -2.25. The lowest BCUT2D eigenvalue weighted by Gasteiger charge is -2.25. The third-order valence-corrected chi connectivity index (χ3v) is 3.36. The number of nitrogens with zero attached hydrogens (tertiary/aromatic N) is 1. The second-order valence-electron chi connectivity index (χ2n) is 4.27. The van der Waals surface area contributed by atoms with Gasteiger partial charge in [-0.2, -0.15) is 0 Å². The number of alkyl halides is 1. The first-order valence-electron chi connectivity index (χ1n) is 5.68. The van der Waals surface area contributed by atoms with Crippen LogP contribution in [0.3, 0.4) is 0 Å². The van der Waals surface area contributed by atoms with Crippen molar-refractivity contribution < 1.29 is 0 Å². The van der Waals surface area contributed by atoms with Crippen molar-refractivity contribution in [1.82, 2.24) is 0 Å². The molecule has 0 saturated heterocycles. The fraction of sp³-hybridized carbons (Fsp3) is 0.538. The van der Waals surface area contributed by atoms with Gasteiger partial charge < -0.3 is 4.90 Å². The summed E-state index contributed by atoms with van der Waals surface area (Å²) in [5.41, 5.74) is 3.94. The van der Waals surface area contributed by atoms with Crippen molar-refractivity contribution in [1.29, 1.82) is 0 Å². The molecule has 1 fully saturated rings.